The summed E-state index contributed by atoms with van der Waals surface area (Å²) in [5.41, 5.74) is 1.17. The Morgan fingerprint density at radius 1 is 1.40 bits per heavy atom. The molecule has 2 aromatic rings. The van der Waals surface area contributed by atoms with E-state index < -0.39 is 0 Å². The summed E-state index contributed by atoms with van der Waals surface area (Å²) >= 11 is 3.48. The lowest BCUT2D eigenvalue weighted by atomic mass is 10.2. The Hall–Kier alpha value is -1.43. The monoisotopic (exact) mass is 267 g/mol. The van der Waals surface area contributed by atoms with Gasteiger partial charge in [0.05, 0.1) is 0 Å². The fourth-order valence-corrected chi connectivity index (χ4v) is 1.62. The van der Waals surface area contributed by atoms with E-state index in [1.54, 1.807) is 11.7 Å². The molecular formula is C9H10BrN5. The zero-order chi connectivity index (χ0) is 10.7. The number of anilines is 1. The molecule has 0 spiro atoms. The lowest BCUT2D eigenvalue weighted by molar-refractivity contribution is 0.712. The van der Waals surface area contributed by atoms with Gasteiger partial charge in [0.2, 0.25) is 5.95 Å². The molecular weight excluding hydrogens is 258 g/mol. The number of nitrogens with one attached hydrogen (secondary N) is 1. The maximum Gasteiger partial charge on any atom is 0.242 e. The van der Waals surface area contributed by atoms with Crippen LogP contribution in [0.2, 0.25) is 0 Å². The number of benzene rings is 1. The number of nitrogens with zero attached hydrogens (tertiary/aromatic N) is 4. The van der Waals surface area contributed by atoms with E-state index in [1.807, 2.05) is 24.3 Å². The van der Waals surface area contributed by atoms with Gasteiger partial charge in [-0.2, -0.15) is 0 Å². The molecule has 78 valence electrons. The van der Waals surface area contributed by atoms with E-state index in [0.717, 1.165) is 4.47 Å². The number of hydrogen-bond acceptors (Lipinski definition) is 4. The van der Waals surface area contributed by atoms with Gasteiger partial charge in [0, 0.05) is 18.1 Å². The Morgan fingerprint density at radius 3 is 2.87 bits per heavy atom. The molecule has 0 amide bonds. The van der Waals surface area contributed by atoms with Crippen molar-refractivity contribution in [1.82, 2.24) is 20.2 Å². The normalized spacial score (nSPS) is 10.3. The lowest BCUT2D eigenvalue weighted by Gasteiger charge is -2.05. The van der Waals surface area contributed by atoms with E-state index in [0.29, 0.717) is 12.5 Å². The molecule has 0 bridgehead atoms. The van der Waals surface area contributed by atoms with Crippen LogP contribution in [0.5, 0.6) is 0 Å². The van der Waals surface area contributed by atoms with Gasteiger partial charge in [0.25, 0.3) is 0 Å². The van der Waals surface area contributed by atoms with Gasteiger partial charge in [-0.05, 0) is 22.1 Å². The summed E-state index contributed by atoms with van der Waals surface area (Å²) in [6.45, 7) is 0.690. The van der Waals surface area contributed by atoms with Crippen molar-refractivity contribution in [2.45, 2.75) is 6.54 Å². The standard InChI is InChI=1S/C9H10BrN5/c1-15-9(12-13-14-15)11-6-7-4-2-3-5-8(7)10/h2-5H,6H2,1H3,(H,11,12,14). The summed E-state index contributed by atoms with van der Waals surface area (Å²) < 4.78 is 2.67. The van der Waals surface area contributed by atoms with Crippen molar-refractivity contribution in [2.24, 2.45) is 7.05 Å². The average Bonchev–Trinajstić information content (AvgIpc) is 2.63. The Kier molecular flexibility index (Phi) is 2.96. The van der Waals surface area contributed by atoms with Gasteiger partial charge in [-0.15, -0.1) is 0 Å². The van der Waals surface area contributed by atoms with Crippen LogP contribution in [0.4, 0.5) is 5.95 Å². The van der Waals surface area contributed by atoms with Crippen LogP contribution in [-0.4, -0.2) is 20.2 Å². The van der Waals surface area contributed by atoms with E-state index >= 15 is 0 Å². The third kappa shape index (κ3) is 2.33. The fraction of sp³-hybridized carbons (Fsp3) is 0.222. The second-order valence-corrected chi connectivity index (χ2v) is 3.93. The van der Waals surface area contributed by atoms with Gasteiger partial charge in [0.1, 0.15) is 0 Å². The molecule has 1 aromatic heterocycles. The molecule has 0 aliphatic carbocycles. The van der Waals surface area contributed by atoms with Crippen molar-refractivity contribution in [3.05, 3.63) is 34.3 Å². The van der Waals surface area contributed by atoms with Gasteiger partial charge in [0.15, 0.2) is 0 Å². The van der Waals surface area contributed by atoms with Crippen LogP contribution in [0.25, 0.3) is 0 Å². The summed E-state index contributed by atoms with van der Waals surface area (Å²) in [5.74, 6) is 0.658. The molecule has 0 saturated carbocycles. The largest absolute Gasteiger partial charge is 0.349 e. The van der Waals surface area contributed by atoms with E-state index in [4.69, 9.17) is 0 Å². The smallest absolute Gasteiger partial charge is 0.242 e. The van der Waals surface area contributed by atoms with Crippen LogP contribution in [0.1, 0.15) is 5.56 Å². The number of aromatic nitrogens is 4. The molecule has 6 heteroatoms. The highest BCUT2D eigenvalue weighted by Crippen LogP contribution is 2.16. The van der Waals surface area contributed by atoms with Gasteiger partial charge in [-0.3, -0.25) is 0 Å². The fourth-order valence-electron chi connectivity index (χ4n) is 1.20. The summed E-state index contributed by atoms with van der Waals surface area (Å²) in [6.07, 6.45) is 0. The van der Waals surface area contributed by atoms with E-state index in [9.17, 15) is 0 Å². The Balaban J connectivity index is 2.06. The van der Waals surface area contributed by atoms with Crippen molar-refractivity contribution in [2.75, 3.05) is 5.32 Å². The zero-order valence-electron chi connectivity index (χ0n) is 8.18. The second-order valence-electron chi connectivity index (χ2n) is 3.07. The van der Waals surface area contributed by atoms with Crippen LogP contribution >= 0.6 is 15.9 Å². The summed E-state index contributed by atoms with van der Waals surface area (Å²) in [5, 5.41) is 14.3. The molecule has 0 radical (unpaired) electrons. The molecule has 5 nitrogen and oxygen atoms in total. The number of rotatable bonds is 3. The Labute approximate surface area is 95.6 Å². The Morgan fingerprint density at radius 2 is 2.20 bits per heavy atom. The number of hydrogen-bond donors (Lipinski definition) is 1. The quantitative estimate of drug-likeness (QED) is 0.918. The van der Waals surface area contributed by atoms with Crippen molar-refractivity contribution in [1.29, 1.82) is 0 Å². The average molecular weight is 268 g/mol. The minimum atomic E-state index is 0.658. The highest BCUT2D eigenvalue weighted by Gasteiger charge is 2.02. The van der Waals surface area contributed by atoms with E-state index in [1.165, 1.54) is 5.56 Å². The number of aryl methyl sites for hydroxylation is 1. The van der Waals surface area contributed by atoms with Crippen LogP contribution < -0.4 is 5.32 Å². The summed E-state index contributed by atoms with van der Waals surface area (Å²) in [4.78, 5) is 0. The van der Waals surface area contributed by atoms with Gasteiger partial charge < -0.3 is 5.32 Å². The number of halogens is 1. The highest BCUT2D eigenvalue weighted by atomic mass is 79.9. The van der Waals surface area contributed by atoms with E-state index in [-0.39, 0.29) is 0 Å². The van der Waals surface area contributed by atoms with Crippen molar-refractivity contribution < 1.29 is 0 Å². The van der Waals surface area contributed by atoms with Gasteiger partial charge in [-0.1, -0.05) is 39.2 Å². The lowest BCUT2D eigenvalue weighted by Crippen LogP contribution is -2.06. The van der Waals surface area contributed by atoms with Crippen molar-refractivity contribution in [3.8, 4) is 0 Å². The molecule has 1 N–H and O–H groups in total. The zero-order valence-corrected chi connectivity index (χ0v) is 9.77. The molecule has 15 heavy (non-hydrogen) atoms. The highest BCUT2D eigenvalue weighted by molar-refractivity contribution is 9.10. The first-order valence-corrected chi connectivity index (χ1v) is 5.26. The van der Waals surface area contributed by atoms with Gasteiger partial charge in [-0.25, -0.2) is 4.68 Å². The van der Waals surface area contributed by atoms with Crippen LogP contribution in [0.3, 0.4) is 0 Å². The first kappa shape index (κ1) is 10.1. The summed E-state index contributed by atoms with van der Waals surface area (Å²) in [7, 11) is 1.79. The molecule has 0 atom stereocenters. The van der Waals surface area contributed by atoms with Crippen LogP contribution in [-0.2, 0) is 13.6 Å². The third-order valence-corrected chi connectivity index (χ3v) is 2.79. The molecule has 0 saturated heterocycles. The molecule has 0 aliphatic heterocycles. The minimum absolute atomic E-state index is 0.658. The maximum absolute atomic E-state index is 3.84. The maximum atomic E-state index is 3.84. The topological polar surface area (TPSA) is 55.6 Å². The first-order valence-electron chi connectivity index (χ1n) is 4.47. The predicted octanol–water partition coefficient (Wildman–Crippen LogP) is 1.58. The van der Waals surface area contributed by atoms with Gasteiger partial charge >= 0.3 is 0 Å². The molecule has 1 heterocycles. The SMILES string of the molecule is Cn1nnnc1NCc1ccccc1Br. The van der Waals surface area contributed by atoms with Crippen molar-refractivity contribution in [3.63, 3.8) is 0 Å². The molecule has 0 fully saturated rings. The molecule has 0 unspecified atom stereocenters. The number of tetrazole rings is 1. The third-order valence-electron chi connectivity index (χ3n) is 2.01. The van der Waals surface area contributed by atoms with E-state index in [2.05, 4.69) is 36.8 Å². The predicted molar refractivity (Wildman–Crippen MR) is 60.3 cm³/mol. The van der Waals surface area contributed by atoms with Crippen molar-refractivity contribution >= 4 is 21.9 Å². The first-order chi connectivity index (χ1) is 7.27. The van der Waals surface area contributed by atoms with Crippen LogP contribution in [0.15, 0.2) is 28.7 Å². The minimum Gasteiger partial charge on any atom is -0.349 e. The van der Waals surface area contributed by atoms with Crippen LogP contribution in [0, 0.1) is 0 Å². The molecule has 2 rings (SSSR count). The Bertz CT molecular complexity index is 453. The molecule has 1 aromatic carbocycles. The second kappa shape index (κ2) is 4.39. The molecule has 0 aliphatic rings. The summed E-state index contributed by atoms with van der Waals surface area (Å²) in [6, 6.07) is 8.03.